The fourth-order valence-electron chi connectivity index (χ4n) is 3.31. The molecule has 3 N–H and O–H groups in total. The van der Waals surface area contributed by atoms with E-state index in [1.54, 1.807) is 6.20 Å². The predicted octanol–water partition coefficient (Wildman–Crippen LogP) is 3.61. The molecule has 0 bridgehead atoms. The lowest BCUT2D eigenvalue weighted by molar-refractivity contribution is 0.0398. The smallest absolute Gasteiger partial charge is 0.128 e. The van der Waals surface area contributed by atoms with E-state index in [0.717, 1.165) is 67.7 Å². The van der Waals surface area contributed by atoms with Crippen molar-refractivity contribution in [2.75, 3.05) is 44.7 Å². The van der Waals surface area contributed by atoms with Crippen LogP contribution in [0.25, 0.3) is 11.3 Å². The second-order valence-electron chi connectivity index (χ2n) is 6.87. The van der Waals surface area contributed by atoms with Crippen molar-refractivity contribution >= 4 is 11.9 Å². The zero-order valence-corrected chi connectivity index (χ0v) is 16.2. The quantitative estimate of drug-likeness (QED) is 0.511. The summed E-state index contributed by atoms with van der Waals surface area (Å²) in [5.41, 5.74) is 3.76. The Kier molecular flexibility index (Phi) is 6.19. The van der Waals surface area contributed by atoms with Crippen LogP contribution in [0.4, 0.5) is 5.69 Å². The van der Waals surface area contributed by atoms with E-state index in [4.69, 9.17) is 14.9 Å². The van der Waals surface area contributed by atoms with Crippen LogP contribution in [0, 0.1) is 5.41 Å². The minimum atomic E-state index is 0.705. The van der Waals surface area contributed by atoms with E-state index in [0.29, 0.717) is 5.75 Å². The van der Waals surface area contributed by atoms with Crippen molar-refractivity contribution in [3.63, 3.8) is 0 Å². The molecule has 0 unspecified atom stereocenters. The number of aromatic amines is 1. The number of H-pyrrole nitrogens is 1. The van der Waals surface area contributed by atoms with Gasteiger partial charge in [0, 0.05) is 49.8 Å². The Hall–Kier alpha value is -3.16. The summed E-state index contributed by atoms with van der Waals surface area (Å²) in [4.78, 5) is 2.38. The van der Waals surface area contributed by atoms with Crippen molar-refractivity contribution in [2.45, 2.75) is 0 Å². The van der Waals surface area contributed by atoms with E-state index in [2.05, 4.69) is 20.4 Å². The molecule has 0 amide bonds. The number of hydrogen-bond donors (Lipinski definition) is 3. The lowest BCUT2D eigenvalue weighted by Gasteiger charge is -2.26. The lowest BCUT2D eigenvalue weighted by atomic mass is 10.1. The molecule has 1 aromatic heterocycles. The highest BCUT2D eigenvalue weighted by molar-refractivity contribution is 5.86. The fraction of sp³-hybridized carbons (Fsp3) is 0.273. The van der Waals surface area contributed by atoms with Crippen molar-refractivity contribution in [2.24, 2.45) is 0 Å². The standard InChI is InChI=1S/C22H25N5O2/c23-16-18-15-20(5-6-21(18)24-9-10-27-11-13-28-14-12-27)29-19-3-1-17(2-4-19)22-7-8-25-26-22/h1-8,15-16,23-24H,9-14H2,(H,25,26). The average molecular weight is 391 g/mol. The summed E-state index contributed by atoms with van der Waals surface area (Å²) >= 11 is 0. The molecule has 2 heterocycles. The predicted molar refractivity (Wildman–Crippen MR) is 114 cm³/mol. The SMILES string of the molecule is N=Cc1cc(Oc2ccc(-c3ccn[nH]3)cc2)ccc1NCCN1CCOCC1. The van der Waals surface area contributed by atoms with Gasteiger partial charge in [-0.05, 0) is 54.1 Å². The zero-order chi connectivity index (χ0) is 19.9. The van der Waals surface area contributed by atoms with Gasteiger partial charge in [-0.2, -0.15) is 5.10 Å². The van der Waals surface area contributed by atoms with Gasteiger partial charge in [-0.3, -0.25) is 10.00 Å². The normalized spacial score (nSPS) is 14.5. The van der Waals surface area contributed by atoms with Gasteiger partial charge in [-0.15, -0.1) is 0 Å². The Balaban J connectivity index is 1.36. The van der Waals surface area contributed by atoms with Crippen LogP contribution >= 0.6 is 0 Å². The van der Waals surface area contributed by atoms with Gasteiger partial charge < -0.3 is 20.2 Å². The first-order chi connectivity index (χ1) is 14.3. The summed E-state index contributed by atoms with van der Waals surface area (Å²) in [6.45, 7) is 5.36. The lowest BCUT2D eigenvalue weighted by Crippen LogP contribution is -2.39. The largest absolute Gasteiger partial charge is 0.457 e. The number of hydrogen-bond acceptors (Lipinski definition) is 6. The van der Waals surface area contributed by atoms with Gasteiger partial charge in [0.05, 0.1) is 18.9 Å². The van der Waals surface area contributed by atoms with Gasteiger partial charge in [-0.25, -0.2) is 0 Å². The molecule has 29 heavy (non-hydrogen) atoms. The number of benzene rings is 2. The van der Waals surface area contributed by atoms with Crippen LogP contribution in [0.3, 0.4) is 0 Å². The highest BCUT2D eigenvalue weighted by Gasteiger charge is 2.10. The molecule has 1 aliphatic rings. The molecule has 4 rings (SSSR count). The Morgan fingerprint density at radius 2 is 1.90 bits per heavy atom. The summed E-state index contributed by atoms with van der Waals surface area (Å²) in [6, 6.07) is 15.5. The molecule has 2 aromatic carbocycles. The number of aromatic nitrogens is 2. The molecule has 1 saturated heterocycles. The first-order valence-electron chi connectivity index (χ1n) is 9.78. The van der Waals surface area contributed by atoms with E-state index in [9.17, 15) is 0 Å². The van der Waals surface area contributed by atoms with Crippen LogP contribution in [-0.4, -0.2) is 60.7 Å². The third kappa shape index (κ3) is 5.01. The number of ether oxygens (including phenoxy) is 2. The van der Waals surface area contributed by atoms with E-state index < -0.39 is 0 Å². The number of nitrogens with one attached hydrogen (secondary N) is 3. The molecule has 1 fully saturated rings. The molecule has 0 spiro atoms. The molecule has 0 radical (unpaired) electrons. The fourth-order valence-corrected chi connectivity index (χ4v) is 3.31. The maximum Gasteiger partial charge on any atom is 0.128 e. The number of morpholine rings is 1. The van der Waals surface area contributed by atoms with Crippen LogP contribution in [0.5, 0.6) is 11.5 Å². The molecule has 0 aliphatic carbocycles. The maximum absolute atomic E-state index is 7.74. The van der Waals surface area contributed by atoms with Gasteiger partial charge >= 0.3 is 0 Å². The van der Waals surface area contributed by atoms with Gasteiger partial charge in [0.1, 0.15) is 11.5 Å². The summed E-state index contributed by atoms with van der Waals surface area (Å²) < 4.78 is 11.3. The molecule has 150 valence electrons. The molecular formula is C22H25N5O2. The zero-order valence-electron chi connectivity index (χ0n) is 16.2. The Bertz CT molecular complexity index is 919. The van der Waals surface area contributed by atoms with Crippen molar-refractivity contribution in [1.82, 2.24) is 15.1 Å². The third-order valence-corrected chi connectivity index (χ3v) is 4.93. The maximum atomic E-state index is 7.74. The second-order valence-corrected chi connectivity index (χ2v) is 6.87. The van der Waals surface area contributed by atoms with Crippen molar-refractivity contribution in [1.29, 1.82) is 5.41 Å². The highest BCUT2D eigenvalue weighted by Crippen LogP contribution is 2.27. The molecule has 1 aliphatic heterocycles. The summed E-state index contributed by atoms with van der Waals surface area (Å²) in [5, 5.41) is 18.1. The highest BCUT2D eigenvalue weighted by atomic mass is 16.5. The number of rotatable bonds is 8. The Labute approximate surface area is 170 Å². The van der Waals surface area contributed by atoms with Gasteiger partial charge in [0.25, 0.3) is 0 Å². The van der Waals surface area contributed by atoms with E-state index in [-0.39, 0.29) is 0 Å². The summed E-state index contributed by atoms with van der Waals surface area (Å²) in [5.74, 6) is 1.45. The van der Waals surface area contributed by atoms with Crippen LogP contribution in [0.2, 0.25) is 0 Å². The summed E-state index contributed by atoms with van der Waals surface area (Å²) in [6.07, 6.45) is 3.08. The van der Waals surface area contributed by atoms with Crippen LogP contribution in [0.15, 0.2) is 54.7 Å². The van der Waals surface area contributed by atoms with E-state index in [1.165, 1.54) is 6.21 Å². The second kappa shape index (κ2) is 9.36. The van der Waals surface area contributed by atoms with Gasteiger partial charge in [0.15, 0.2) is 0 Å². The topological polar surface area (TPSA) is 86.3 Å². The third-order valence-electron chi connectivity index (χ3n) is 4.93. The van der Waals surface area contributed by atoms with Crippen molar-refractivity contribution in [3.8, 4) is 22.8 Å². The van der Waals surface area contributed by atoms with E-state index >= 15 is 0 Å². The average Bonchev–Trinajstić information content (AvgIpc) is 3.31. The first-order valence-corrected chi connectivity index (χ1v) is 9.78. The molecule has 3 aromatic rings. The minimum absolute atomic E-state index is 0.705. The van der Waals surface area contributed by atoms with Crippen LogP contribution in [-0.2, 0) is 4.74 Å². The van der Waals surface area contributed by atoms with Crippen molar-refractivity contribution < 1.29 is 9.47 Å². The van der Waals surface area contributed by atoms with E-state index in [1.807, 2.05) is 48.5 Å². The summed E-state index contributed by atoms with van der Waals surface area (Å²) in [7, 11) is 0. The first kappa shape index (κ1) is 19.2. The molecule has 7 nitrogen and oxygen atoms in total. The molecule has 7 heteroatoms. The Morgan fingerprint density at radius 1 is 1.10 bits per heavy atom. The number of anilines is 1. The van der Waals surface area contributed by atoms with Gasteiger partial charge in [0.2, 0.25) is 0 Å². The number of nitrogens with zero attached hydrogens (tertiary/aromatic N) is 2. The molecular weight excluding hydrogens is 366 g/mol. The van der Waals surface area contributed by atoms with Crippen molar-refractivity contribution in [3.05, 3.63) is 60.3 Å². The molecule has 0 atom stereocenters. The Morgan fingerprint density at radius 3 is 2.62 bits per heavy atom. The molecule has 0 saturated carbocycles. The van der Waals surface area contributed by atoms with Gasteiger partial charge in [-0.1, -0.05) is 0 Å². The van der Waals surface area contributed by atoms with Crippen LogP contribution in [0.1, 0.15) is 5.56 Å². The monoisotopic (exact) mass is 391 g/mol. The van der Waals surface area contributed by atoms with Crippen LogP contribution < -0.4 is 10.1 Å². The minimum Gasteiger partial charge on any atom is -0.457 e.